The molecule has 0 spiro atoms. The van der Waals surface area contributed by atoms with Crippen LogP contribution in [0.2, 0.25) is 0 Å². The van der Waals surface area contributed by atoms with E-state index in [9.17, 15) is 14.4 Å². The molecule has 3 N–H and O–H groups in total. The van der Waals surface area contributed by atoms with Crippen molar-refractivity contribution in [2.45, 2.75) is 45.8 Å². The third-order valence-electron chi connectivity index (χ3n) is 7.64. The van der Waals surface area contributed by atoms with Crippen LogP contribution in [0.25, 0.3) is 21.9 Å². The van der Waals surface area contributed by atoms with Crippen molar-refractivity contribution in [2.75, 3.05) is 38.3 Å². The van der Waals surface area contributed by atoms with Crippen LogP contribution in [0.1, 0.15) is 41.6 Å². The molecule has 4 aromatic rings. The summed E-state index contributed by atoms with van der Waals surface area (Å²) in [6.45, 7) is 5.33. The van der Waals surface area contributed by atoms with Crippen molar-refractivity contribution in [3.8, 4) is 11.8 Å². The zero-order valence-electron chi connectivity index (χ0n) is 24.4. The third kappa shape index (κ3) is 5.29. The second-order valence-electron chi connectivity index (χ2n) is 10.5. The lowest BCUT2D eigenvalue weighted by Gasteiger charge is -2.33. The van der Waals surface area contributed by atoms with E-state index >= 15 is 0 Å². The lowest BCUT2D eigenvalue weighted by atomic mass is 10.1. The van der Waals surface area contributed by atoms with E-state index in [1.165, 1.54) is 4.57 Å². The summed E-state index contributed by atoms with van der Waals surface area (Å²) in [5, 5.41) is 3.78. The van der Waals surface area contributed by atoms with Crippen LogP contribution in [-0.4, -0.2) is 69.0 Å². The number of amides is 1. The Hall–Kier alpha value is -4.47. The van der Waals surface area contributed by atoms with Gasteiger partial charge in [-0.25, -0.2) is 14.8 Å². The van der Waals surface area contributed by atoms with E-state index < -0.39 is 17.2 Å². The largest absolute Gasteiger partial charge is 0.383 e. The minimum absolute atomic E-state index is 0.0966. The first-order valence-electron chi connectivity index (χ1n) is 14.0. The van der Waals surface area contributed by atoms with Gasteiger partial charge in [0.15, 0.2) is 0 Å². The Balaban J connectivity index is 1.77. The van der Waals surface area contributed by atoms with E-state index in [2.05, 4.69) is 27.1 Å². The number of nitrogens with zero attached hydrogens (tertiary/aromatic N) is 6. The van der Waals surface area contributed by atoms with Crippen LogP contribution in [0.5, 0.6) is 0 Å². The Morgan fingerprint density at radius 3 is 2.71 bits per heavy atom. The number of nitrogens with one attached hydrogen (secondary N) is 1. The maximum atomic E-state index is 14.3. The molecule has 1 amide bonds. The lowest BCUT2D eigenvalue weighted by Crippen LogP contribution is -2.44. The minimum Gasteiger partial charge on any atom is -0.383 e. The van der Waals surface area contributed by atoms with Gasteiger partial charge in [0, 0.05) is 50.9 Å². The highest BCUT2D eigenvalue weighted by molar-refractivity contribution is 6.11. The Morgan fingerprint density at radius 1 is 1.19 bits per heavy atom. The van der Waals surface area contributed by atoms with Crippen LogP contribution < -0.4 is 27.2 Å². The number of carbonyl (C=O) groups excluding carboxylic acids is 1. The van der Waals surface area contributed by atoms with Crippen molar-refractivity contribution in [1.82, 2.24) is 29.0 Å². The van der Waals surface area contributed by atoms with Crippen molar-refractivity contribution in [3.63, 3.8) is 0 Å². The number of carbonyl (C=O) groups is 1. The van der Waals surface area contributed by atoms with Crippen molar-refractivity contribution in [2.24, 2.45) is 12.8 Å². The smallest absolute Gasteiger partial charge is 0.331 e. The number of benzene rings is 1. The summed E-state index contributed by atoms with van der Waals surface area (Å²) >= 11 is 0. The molecule has 0 saturated carbocycles. The Morgan fingerprint density at radius 2 is 1.98 bits per heavy atom. The fraction of sp³-hybridized carbons (Fsp3) is 0.433. The number of anilines is 1. The molecule has 12 heteroatoms. The molecule has 0 bridgehead atoms. The molecular weight excluding hydrogens is 536 g/mol. The highest BCUT2D eigenvalue weighted by Gasteiger charge is 2.32. The van der Waals surface area contributed by atoms with Gasteiger partial charge in [0.2, 0.25) is 0 Å². The molecule has 1 saturated heterocycles. The van der Waals surface area contributed by atoms with E-state index in [1.54, 1.807) is 25.6 Å². The molecule has 1 aliphatic rings. The summed E-state index contributed by atoms with van der Waals surface area (Å²) in [5.74, 6) is 6.41. The number of para-hydroxylation sites is 1. The van der Waals surface area contributed by atoms with E-state index in [1.807, 2.05) is 36.1 Å². The molecule has 0 unspecified atom stereocenters. The zero-order chi connectivity index (χ0) is 30.0. The topological polar surface area (TPSA) is 142 Å². The Labute approximate surface area is 243 Å². The highest BCUT2D eigenvalue weighted by atomic mass is 16.5. The van der Waals surface area contributed by atoms with Crippen LogP contribution in [-0.2, 0) is 24.9 Å². The molecule has 1 fully saturated rings. The van der Waals surface area contributed by atoms with Crippen molar-refractivity contribution in [3.05, 3.63) is 62.2 Å². The average Bonchev–Trinajstić information content (AvgIpc) is 3.32. The number of fused-ring (bicyclic) bond motifs is 2. The van der Waals surface area contributed by atoms with Crippen molar-refractivity contribution in [1.29, 1.82) is 0 Å². The first-order valence-corrected chi connectivity index (χ1v) is 14.0. The minimum atomic E-state index is -0.575. The molecule has 1 aliphatic heterocycles. The van der Waals surface area contributed by atoms with Gasteiger partial charge in [-0.2, -0.15) is 0 Å². The monoisotopic (exact) mass is 572 g/mol. The van der Waals surface area contributed by atoms with Crippen LogP contribution in [0.15, 0.2) is 33.9 Å². The maximum Gasteiger partial charge on any atom is 0.331 e. The average molecular weight is 573 g/mol. The highest BCUT2D eigenvalue weighted by Crippen LogP contribution is 2.32. The SMILES string of the molecule is CC#CCn1c(N2CCC[C@@H](N)C2)c(C(=O)NCCOC)c2c1c(=O)n(Cc1nc(C)c3ccccc3n1)c(=O)n2C. The van der Waals surface area contributed by atoms with Gasteiger partial charge < -0.3 is 25.3 Å². The fourth-order valence-electron chi connectivity index (χ4n) is 5.68. The molecule has 12 nitrogen and oxygen atoms in total. The molecule has 1 atom stereocenters. The van der Waals surface area contributed by atoms with Crippen LogP contribution in [0, 0.1) is 18.8 Å². The van der Waals surface area contributed by atoms with E-state index in [0.717, 1.165) is 34.0 Å². The molecule has 3 aromatic heterocycles. The predicted molar refractivity (Wildman–Crippen MR) is 162 cm³/mol. The van der Waals surface area contributed by atoms with Crippen molar-refractivity contribution >= 4 is 33.7 Å². The Bertz CT molecular complexity index is 1840. The first kappa shape index (κ1) is 29.0. The van der Waals surface area contributed by atoms with Gasteiger partial charge in [0.25, 0.3) is 11.5 Å². The van der Waals surface area contributed by atoms with E-state index in [-0.39, 0.29) is 42.3 Å². The number of piperidine rings is 1. The molecule has 1 aromatic carbocycles. The van der Waals surface area contributed by atoms with Gasteiger partial charge in [-0.05, 0) is 32.8 Å². The fourth-order valence-corrected chi connectivity index (χ4v) is 5.68. The van der Waals surface area contributed by atoms with Gasteiger partial charge in [-0.3, -0.25) is 18.7 Å². The Kier molecular flexibility index (Phi) is 8.42. The summed E-state index contributed by atoms with van der Waals surface area (Å²) in [6, 6.07) is 7.50. The summed E-state index contributed by atoms with van der Waals surface area (Å²) in [7, 11) is 3.12. The van der Waals surface area contributed by atoms with Gasteiger partial charge in [0.05, 0.1) is 30.7 Å². The summed E-state index contributed by atoms with van der Waals surface area (Å²) < 4.78 is 9.35. The summed E-state index contributed by atoms with van der Waals surface area (Å²) in [4.78, 5) is 53.1. The molecule has 42 heavy (non-hydrogen) atoms. The predicted octanol–water partition coefficient (Wildman–Crippen LogP) is 1.13. The molecule has 4 heterocycles. The van der Waals surface area contributed by atoms with Gasteiger partial charge >= 0.3 is 5.69 Å². The maximum absolute atomic E-state index is 14.3. The quantitative estimate of drug-likeness (QED) is 0.236. The van der Waals surface area contributed by atoms with Crippen LogP contribution in [0.4, 0.5) is 5.82 Å². The number of nitrogens with two attached hydrogens (primary N) is 1. The normalized spacial score (nSPS) is 15.2. The number of aryl methyl sites for hydroxylation is 2. The molecular formula is C30H36N8O4. The number of aromatic nitrogens is 5. The molecule has 0 radical (unpaired) electrons. The second kappa shape index (κ2) is 12.2. The number of rotatable bonds is 8. The first-order chi connectivity index (χ1) is 20.3. The summed E-state index contributed by atoms with van der Waals surface area (Å²) in [5.41, 5.74) is 7.41. The van der Waals surface area contributed by atoms with Crippen LogP contribution >= 0.6 is 0 Å². The summed E-state index contributed by atoms with van der Waals surface area (Å²) in [6.07, 6.45) is 1.69. The van der Waals surface area contributed by atoms with Gasteiger partial charge in [0.1, 0.15) is 22.7 Å². The zero-order valence-corrected chi connectivity index (χ0v) is 24.4. The standard InChI is InChI=1S/C30H36N8O4/c1-5-6-15-37-26-25(24(27(39)32-13-16-42-4)28(37)36-14-9-10-20(31)17-36)35(3)30(41)38(29(26)40)18-23-33-19(2)21-11-7-8-12-22(21)34-23/h7-8,11-12,20H,9-10,13-18,31H2,1-4H3,(H,32,39)/t20-/m1/s1. The number of hydrogen-bond donors (Lipinski definition) is 2. The number of methoxy groups -OCH3 is 1. The second-order valence-corrected chi connectivity index (χ2v) is 10.5. The lowest BCUT2D eigenvalue weighted by molar-refractivity contribution is 0.0938. The van der Waals surface area contributed by atoms with Crippen LogP contribution in [0.3, 0.4) is 0 Å². The number of ether oxygens (including phenoxy) is 1. The molecule has 5 rings (SSSR count). The van der Waals surface area contributed by atoms with Gasteiger partial charge in [-0.1, -0.05) is 24.1 Å². The third-order valence-corrected chi connectivity index (χ3v) is 7.64. The number of hydrogen-bond acceptors (Lipinski definition) is 8. The molecule has 220 valence electrons. The van der Waals surface area contributed by atoms with Crippen molar-refractivity contribution < 1.29 is 9.53 Å². The van der Waals surface area contributed by atoms with E-state index in [4.69, 9.17) is 10.5 Å². The molecule has 0 aliphatic carbocycles. The van der Waals surface area contributed by atoms with Gasteiger partial charge in [-0.15, -0.1) is 5.92 Å². The van der Waals surface area contributed by atoms with E-state index in [0.29, 0.717) is 31.3 Å².